The Labute approximate surface area is 209 Å². The summed E-state index contributed by atoms with van der Waals surface area (Å²) in [4.78, 5) is 31.0. The van der Waals surface area contributed by atoms with Crippen molar-refractivity contribution in [2.24, 2.45) is 4.99 Å². The highest BCUT2D eigenvalue weighted by molar-refractivity contribution is 14.0. The summed E-state index contributed by atoms with van der Waals surface area (Å²) in [6, 6.07) is 8.23. The van der Waals surface area contributed by atoms with Gasteiger partial charge in [0.2, 0.25) is 5.91 Å². The zero-order valence-corrected chi connectivity index (χ0v) is 22.4. The molecule has 2 amide bonds. The first-order valence-corrected chi connectivity index (χ1v) is 10.9. The molecule has 0 aliphatic carbocycles. The number of hydrogen-bond acceptors (Lipinski definition) is 4. The fourth-order valence-electron chi connectivity index (χ4n) is 3.23. The maximum absolute atomic E-state index is 12.7. The molecule has 0 aromatic heterocycles. The van der Waals surface area contributed by atoms with Crippen molar-refractivity contribution in [2.45, 2.75) is 65.6 Å². The number of benzene rings is 1. The Morgan fingerprint density at radius 2 is 1.75 bits per heavy atom. The highest BCUT2D eigenvalue weighted by atomic mass is 127. The van der Waals surface area contributed by atoms with E-state index in [0.29, 0.717) is 32.1 Å². The van der Waals surface area contributed by atoms with Crippen molar-refractivity contribution < 1.29 is 14.3 Å². The molecule has 1 aromatic rings. The predicted octanol–water partition coefficient (Wildman–Crippen LogP) is 3.05. The Morgan fingerprint density at radius 1 is 1.09 bits per heavy atom. The summed E-state index contributed by atoms with van der Waals surface area (Å²) >= 11 is 0. The normalized spacial score (nSPS) is 14.1. The second-order valence-electron chi connectivity index (χ2n) is 9.39. The third-order valence-electron chi connectivity index (χ3n) is 4.74. The van der Waals surface area contributed by atoms with E-state index in [2.05, 4.69) is 33.1 Å². The summed E-state index contributed by atoms with van der Waals surface area (Å²) in [6.45, 7) is 13.7. The molecule has 1 aliphatic rings. The molecule has 0 atom stereocenters. The second-order valence-corrected chi connectivity index (χ2v) is 9.39. The third-order valence-corrected chi connectivity index (χ3v) is 4.74. The highest BCUT2D eigenvalue weighted by Crippen LogP contribution is 2.18. The minimum absolute atomic E-state index is 0. The fourth-order valence-corrected chi connectivity index (χ4v) is 3.23. The summed E-state index contributed by atoms with van der Waals surface area (Å²) in [5.74, 6) is 0.533. The van der Waals surface area contributed by atoms with E-state index in [-0.39, 0.29) is 36.4 Å². The topological polar surface area (TPSA) is 95.1 Å². The number of ether oxygens (including phenoxy) is 1. The molecule has 3 N–H and O–H groups in total. The molecule has 1 aliphatic heterocycles. The summed E-state index contributed by atoms with van der Waals surface area (Å²) in [5.41, 5.74) is 1.38. The van der Waals surface area contributed by atoms with Crippen LogP contribution in [0.15, 0.2) is 29.3 Å². The lowest BCUT2D eigenvalue weighted by Crippen LogP contribution is -2.54. The Balaban J connectivity index is 0.00000512. The molecule has 1 heterocycles. The highest BCUT2D eigenvalue weighted by Gasteiger charge is 2.25. The molecule has 0 unspecified atom stereocenters. The van der Waals surface area contributed by atoms with E-state index in [4.69, 9.17) is 4.74 Å². The number of nitrogens with one attached hydrogen (secondary N) is 3. The molecular weight excluding hydrogens is 521 g/mol. The molecule has 0 radical (unpaired) electrons. The summed E-state index contributed by atoms with van der Waals surface area (Å²) in [5, 5.41) is 9.20. The van der Waals surface area contributed by atoms with Gasteiger partial charge >= 0.3 is 6.09 Å². The van der Waals surface area contributed by atoms with Gasteiger partial charge in [0.05, 0.1) is 5.54 Å². The Bertz CT molecular complexity index is 805. The van der Waals surface area contributed by atoms with Crippen LogP contribution < -0.4 is 16.0 Å². The number of hydrogen-bond donors (Lipinski definition) is 3. The van der Waals surface area contributed by atoms with Crippen LogP contribution in [0.5, 0.6) is 0 Å². The Morgan fingerprint density at radius 3 is 2.38 bits per heavy atom. The number of carbonyl (C=O) groups excluding carboxylic acids is 2. The molecule has 2 rings (SSSR count). The number of fused-ring (bicyclic) bond motifs is 1. The standard InChI is InChI=1S/C23H37N5O3.HI/c1-7-24-20(26-16-23(5,6)27-21(30)31-22(2,3)4)25-14-19(29)28-13-12-17-10-8-9-11-18(17)15-28;/h8-11H,7,12-16H2,1-6H3,(H,27,30)(H2,24,25,26);1H. The monoisotopic (exact) mass is 559 g/mol. The molecule has 180 valence electrons. The second kappa shape index (κ2) is 12.3. The third kappa shape index (κ3) is 9.62. The molecular formula is C23H38IN5O3. The maximum atomic E-state index is 12.7. The van der Waals surface area contributed by atoms with Gasteiger partial charge in [-0.2, -0.15) is 0 Å². The van der Waals surface area contributed by atoms with Crippen LogP contribution in [0.4, 0.5) is 4.79 Å². The number of guanidine groups is 1. The molecule has 0 saturated carbocycles. The van der Waals surface area contributed by atoms with Gasteiger partial charge in [-0.3, -0.25) is 4.79 Å². The number of nitrogens with zero attached hydrogens (tertiary/aromatic N) is 2. The van der Waals surface area contributed by atoms with Crippen LogP contribution in [0, 0.1) is 0 Å². The lowest BCUT2D eigenvalue weighted by atomic mass is 10.00. The van der Waals surface area contributed by atoms with Crippen molar-refractivity contribution in [2.75, 3.05) is 26.2 Å². The number of rotatable bonds is 6. The lowest BCUT2D eigenvalue weighted by molar-refractivity contribution is -0.130. The molecule has 1 aromatic carbocycles. The van der Waals surface area contributed by atoms with Crippen molar-refractivity contribution in [3.63, 3.8) is 0 Å². The van der Waals surface area contributed by atoms with E-state index in [1.165, 1.54) is 11.1 Å². The first-order valence-electron chi connectivity index (χ1n) is 10.9. The number of aliphatic imine (C=N–C) groups is 1. The van der Waals surface area contributed by atoms with Gasteiger partial charge in [-0.1, -0.05) is 24.3 Å². The number of carbonyl (C=O) groups is 2. The van der Waals surface area contributed by atoms with Gasteiger partial charge in [-0.15, -0.1) is 24.0 Å². The van der Waals surface area contributed by atoms with E-state index in [0.717, 1.165) is 6.42 Å². The average molecular weight is 559 g/mol. The Kier molecular flexibility index (Phi) is 10.7. The van der Waals surface area contributed by atoms with Crippen LogP contribution in [-0.4, -0.2) is 60.2 Å². The minimum Gasteiger partial charge on any atom is -0.444 e. The summed E-state index contributed by atoms with van der Waals surface area (Å²) < 4.78 is 5.33. The van der Waals surface area contributed by atoms with E-state index < -0.39 is 17.2 Å². The van der Waals surface area contributed by atoms with Gasteiger partial charge in [0, 0.05) is 26.2 Å². The Hall–Kier alpha value is -2.04. The first kappa shape index (κ1) is 28.0. The number of amides is 2. The zero-order chi connectivity index (χ0) is 23.1. The van der Waals surface area contributed by atoms with Gasteiger partial charge in [0.15, 0.2) is 5.96 Å². The van der Waals surface area contributed by atoms with Gasteiger partial charge < -0.3 is 25.6 Å². The van der Waals surface area contributed by atoms with Crippen LogP contribution >= 0.6 is 24.0 Å². The fraction of sp³-hybridized carbons (Fsp3) is 0.609. The molecule has 0 fully saturated rings. The number of alkyl carbamates (subject to hydrolysis) is 1. The molecule has 0 spiro atoms. The van der Waals surface area contributed by atoms with Crippen molar-refractivity contribution in [1.82, 2.24) is 20.9 Å². The quantitative estimate of drug-likeness (QED) is 0.283. The number of halogens is 1. The van der Waals surface area contributed by atoms with Crippen molar-refractivity contribution in [3.05, 3.63) is 35.4 Å². The average Bonchev–Trinajstić information content (AvgIpc) is 2.67. The smallest absolute Gasteiger partial charge is 0.408 e. The van der Waals surface area contributed by atoms with Gasteiger partial charge in [0.25, 0.3) is 0 Å². The molecule has 0 saturated heterocycles. The van der Waals surface area contributed by atoms with Crippen molar-refractivity contribution in [3.8, 4) is 0 Å². The summed E-state index contributed by atoms with van der Waals surface area (Å²) in [6.07, 6.45) is 0.399. The maximum Gasteiger partial charge on any atom is 0.408 e. The van der Waals surface area contributed by atoms with Crippen LogP contribution in [0.3, 0.4) is 0 Å². The van der Waals surface area contributed by atoms with Crippen molar-refractivity contribution >= 4 is 41.9 Å². The SMILES string of the molecule is CCNC(=NCC(=O)N1CCc2ccccc2C1)NCC(C)(C)NC(=O)OC(C)(C)C.I. The molecule has 0 bridgehead atoms. The van der Waals surface area contributed by atoms with Crippen LogP contribution in [0.25, 0.3) is 0 Å². The predicted molar refractivity (Wildman–Crippen MR) is 138 cm³/mol. The minimum atomic E-state index is -0.570. The molecule has 8 nitrogen and oxygen atoms in total. The van der Waals surface area contributed by atoms with Crippen LogP contribution in [-0.2, 0) is 22.5 Å². The largest absolute Gasteiger partial charge is 0.444 e. The van der Waals surface area contributed by atoms with E-state index in [9.17, 15) is 9.59 Å². The molecule has 32 heavy (non-hydrogen) atoms. The van der Waals surface area contributed by atoms with E-state index in [1.807, 2.05) is 58.6 Å². The first-order chi connectivity index (χ1) is 14.5. The van der Waals surface area contributed by atoms with Crippen LogP contribution in [0.1, 0.15) is 52.7 Å². The van der Waals surface area contributed by atoms with Gasteiger partial charge in [0.1, 0.15) is 12.1 Å². The van der Waals surface area contributed by atoms with Gasteiger partial charge in [-0.05, 0) is 59.1 Å². The zero-order valence-electron chi connectivity index (χ0n) is 20.1. The van der Waals surface area contributed by atoms with E-state index in [1.54, 1.807) is 0 Å². The van der Waals surface area contributed by atoms with Crippen molar-refractivity contribution in [1.29, 1.82) is 0 Å². The van der Waals surface area contributed by atoms with Gasteiger partial charge in [-0.25, -0.2) is 9.79 Å². The molecule has 9 heteroatoms. The summed E-state index contributed by atoms with van der Waals surface area (Å²) in [7, 11) is 0. The lowest BCUT2D eigenvalue weighted by Gasteiger charge is -2.30. The van der Waals surface area contributed by atoms with E-state index >= 15 is 0 Å². The van der Waals surface area contributed by atoms with Crippen LogP contribution in [0.2, 0.25) is 0 Å².